The average molecular weight is 256 g/mol. The van der Waals surface area contributed by atoms with Gasteiger partial charge in [-0.15, -0.1) is 11.3 Å². The molecule has 1 heterocycles. The maximum atomic E-state index is 10.6. The maximum absolute atomic E-state index is 10.6. The van der Waals surface area contributed by atoms with Gasteiger partial charge >= 0.3 is 0 Å². The molecule has 0 bridgehead atoms. The highest BCUT2D eigenvalue weighted by atomic mass is 35.5. The van der Waals surface area contributed by atoms with Crippen molar-refractivity contribution >= 4 is 41.0 Å². The summed E-state index contributed by atoms with van der Waals surface area (Å²) in [5, 5.41) is 0.286. The minimum atomic E-state index is 0.286. The molecule has 0 aliphatic rings. The van der Waals surface area contributed by atoms with Crippen LogP contribution in [0.1, 0.15) is 9.67 Å². The van der Waals surface area contributed by atoms with Crippen LogP contribution in [0.5, 0.6) is 0 Å². The highest BCUT2D eigenvalue weighted by Crippen LogP contribution is 2.33. The monoisotopic (exact) mass is 255 g/mol. The lowest BCUT2D eigenvalue weighted by molar-refractivity contribution is 0.112. The molecule has 0 radical (unpaired) electrons. The second-order valence-electron chi connectivity index (χ2n) is 2.67. The molecule has 5 heteroatoms. The molecule has 0 aliphatic carbocycles. The number of benzene rings is 1. The first-order chi connectivity index (χ1) is 7.29. The van der Waals surface area contributed by atoms with Crippen LogP contribution >= 0.6 is 34.7 Å². The maximum Gasteiger partial charge on any atom is 0.163 e. The quantitative estimate of drug-likeness (QED) is 0.783. The molecule has 0 unspecified atom stereocenters. The van der Waals surface area contributed by atoms with E-state index in [1.807, 2.05) is 30.3 Å². The third-order valence-electron chi connectivity index (χ3n) is 1.65. The lowest BCUT2D eigenvalue weighted by Crippen LogP contribution is -1.71. The molecule has 0 aliphatic heterocycles. The molecule has 2 nitrogen and oxygen atoms in total. The zero-order valence-corrected chi connectivity index (χ0v) is 9.90. The van der Waals surface area contributed by atoms with Crippen LogP contribution in [0.3, 0.4) is 0 Å². The third kappa shape index (κ3) is 2.59. The third-order valence-corrected chi connectivity index (χ3v) is 4.09. The van der Waals surface area contributed by atoms with Crippen molar-refractivity contribution in [3.05, 3.63) is 40.4 Å². The van der Waals surface area contributed by atoms with Crippen LogP contribution in [0.15, 0.2) is 39.6 Å². The number of aldehydes is 1. The molecule has 0 saturated carbocycles. The molecule has 0 atom stereocenters. The van der Waals surface area contributed by atoms with E-state index in [9.17, 15) is 4.79 Å². The minimum absolute atomic E-state index is 0.286. The van der Waals surface area contributed by atoms with Gasteiger partial charge in [0.2, 0.25) is 0 Å². The molecular weight excluding hydrogens is 250 g/mol. The van der Waals surface area contributed by atoms with Crippen LogP contribution in [0.4, 0.5) is 0 Å². The Bertz CT molecular complexity index is 470. The smallest absolute Gasteiger partial charge is 0.163 e. The van der Waals surface area contributed by atoms with Gasteiger partial charge in [-0.2, -0.15) is 0 Å². The molecule has 1 aromatic carbocycles. The van der Waals surface area contributed by atoms with Gasteiger partial charge < -0.3 is 0 Å². The molecule has 76 valence electrons. The van der Waals surface area contributed by atoms with Crippen molar-refractivity contribution < 1.29 is 4.79 Å². The van der Waals surface area contributed by atoms with Gasteiger partial charge in [0.25, 0.3) is 0 Å². The number of aromatic nitrogens is 1. The van der Waals surface area contributed by atoms with Gasteiger partial charge in [0.05, 0.1) is 0 Å². The fourth-order valence-electron chi connectivity index (χ4n) is 1.000. The zero-order chi connectivity index (χ0) is 10.7. The van der Waals surface area contributed by atoms with Crippen molar-refractivity contribution in [1.29, 1.82) is 0 Å². The van der Waals surface area contributed by atoms with Crippen LogP contribution in [0, 0.1) is 0 Å². The Morgan fingerprint density at radius 2 is 2.07 bits per heavy atom. The summed E-state index contributed by atoms with van der Waals surface area (Å²) in [4.78, 5) is 16.2. The molecule has 0 N–H and O–H groups in total. The number of carbonyl (C=O) groups excluding carboxylic acids is 1. The van der Waals surface area contributed by atoms with E-state index in [0.717, 1.165) is 15.5 Å². The Hall–Kier alpha value is -0.840. The summed E-state index contributed by atoms with van der Waals surface area (Å²) < 4.78 is 0.785. The fraction of sp³-hybridized carbons (Fsp3) is 0. The Balaban J connectivity index is 2.21. The van der Waals surface area contributed by atoms with E-state index in [1.165, 1.54) is 23.1 Å². The highest BCUT2D eigenvalue weighted by molar-refractivity contribution is 8.01. The number of rotatable bonds is 3. The Morgan fingerprint density at radius 3 is 2.67 bits per heavy atom. The van der Waals surface area contributed by atoms with Crippen molar-refractivity contribution in [2.24, 2.45) is 0 Å². The summed E-state index contributed by atoms with van der Waals surface area (Å²) in [6.07, 6.45) is 0.731. The van der Waals surface area contributed by atoms with E-state index >= 15 is 0 Å². The van der Waals surface area contributed by atoms with Gasteiger partial charge in [-0.3, -0.25) is 4.79 Å². The Morgan fingerprint density at radius 1 is 1.33 bits per heavy atom. The van der Waals surface area contributed by atoms with Gasteiger partial charge in [-0.25, -0.2) is 4.98 Å². The summed E-state index contributed by atoms with van der Waals surface area (Å²) in [6.45, 7) is 0. The predicted molar refractivity (Wildman–Crippen MR) is 63.1 cm³/mol. The minimum Gasteiger partial charge on any atom is -0.297 e. The standard InChI is InChI=1S/C10H6ClNOS2/c11-9-8(6-13)15-10(12-9)14-7-4-2-1-3-5-7/h1-6H. The van der Waals surface area contributed by atoms with E-state index in [0.29, 0.717) is 4.88 Å². The molecule has 0 amide bonds. The van der Waals surface area contributed by atoms with Crippen LogP contribution in [0.25, 0.3) is 0 Å². The van der Waals surface area contributed by atoms with Crippen LogP contribution in [-0.2, 0) is 0 Å². The first-order valence-electron chi connectivity index (χ1n) is 4.14. The normalized spacial score (nSPS) is 10.2. The lowest BCUT2D eigenvalue weighted by Gasteiger charge is -1.94. The molecule has 2 rings (SSSR count). The number of carbonyl (C=O) groups is 1. The van der Waals surface area contributed by atoms with Gasteiger partial charge in [-0.1, -0.05) is 41.6 Å². The summed E-state index contributed by atoms with van der Waals surface area (Å²) in [7, 11) is 0. The second kappa shape index (κ2) is 4.79. The number of thiazole rings is 1. The van der Waals surface area contributed by atoms with E-state index in [4.69, 9.17) is 11.6 Å². The predicted octanol–water partition coefficient (Wildman–Crippen LogP) is 3.76. The summed E-state index contributed by atoms with van der Waals surface area (Å²) in [5.41, 5.74) is 0. The molecule has 1 aromatic heterocycles. The van der Waals surface area contributed by atoms with Crippen molar-refractivity contribution in [2.75, 3.05) is 0 Å². The average Bonchev–Trinajstić information content (AvgIpc) is 2.60. The van der Waals surface area contributed by atoms with Gasteiger partial charge in [0.1, 0.15) is 4.88 Å². The molecule has 0 fully saturated rings. The van der Waals surface area contributed by atoms with E-state index in [1.54, 1.807) is 0 Å². The zero-order valence-electron chi connectivity index (χ0n) is 7.51. The highest BCUT2D eigenvalue weighted by Gasteiger charge is 2.09. The van der Waals surface area contributed by atoms with Crippen molar-refractivity contribution in [2.45, 2.75) is 9.24 Å². The summed E-state index contributed by atoms with van der Waals surface area (Å²) in [6, 6.07) is 9.84. The number of hydrogen-bond donors (Lipinski definition) is 0. The molecular formula is C10H6ClNOS2. The second-order valence-corrected chi connectivity index (χ2v) is 5.38. The molecule has 2 aromatic rings. The van der Waals surface area contributed by atoms with Crippen LogP contribution < -0.4 is 0 Å². The first-order valence-corrected chi connectivity index (χ1v) is 6.15. The van der Waals surface area contributed by atoms with E-state index in [-0.39, 0.29) is 5.15 Å². The topological polar surface area (TPSA) is 30.0 Å². The Labute approximate surface area is 100 Å². The first kappa shape index (κ1) is 10.7. The fourth-order valence-corrected chi connectivity index (χ4v) is 3.20. The van der Waals surface area contributed by atoms with Gasteiger partial charge in [0, 0.05) is 4.90 Å². The number of halogens is 1. The van der Waals surface area contributed by atoms with Gasteiger partial charge in [-0.05, 0) is 12.1 Å². The molecule has 0 saturated heterocycles. The molecule has 0 spiro atoms. The SMILES string of the molecule is O=Cc1sc(Sc2ccccc2)nc1Cl. The van der Waals surface area contributed by atoms with E-state index in [2.05, 4.69) is 4.98 Å². The lowest BCUT2D eigenvalue weighted by atomic mass is 10.4. The van der Waals surface area contributed by atoms with Crippen molar-refractivity contribution in [3.8, 4) is 0 Å². The Kier molecular flexibility index (Phi) is 3.41. The van der Waals surface area contributed by atoms with Crippen LogP contribution in [0.2, 0.25) is 5.15 Å². The summed E-state index contributed by atoms with van der Waals surface area (Å²) >= 11 is 8.57. The van der Waals surface area contributed by atoms with Crippen LogP contribution in [-0.4, -0.2) is 11.3 Å². The number of nitrogens with zero attached hydrogens (tertiary/aromatic N) is 1. The largest absolute Gasteiger partial charge is 0.297 e. The van der Waals surface area contributed by atoms with E-state index < -0.39 is 0 Å². The van der Waals surface area contributed by atoms with Crippen molar-refractivity contribution in [1.82, 2.24) is 4.98 Å². The number of hydrogen-bond acceptors (Lipinski definition) is 4. The van der Waals surface area contributed by atoms with Gasteiger partial charge in [0.15, 0.2) is 15.8 Å². The summed E-state index contributed by atoms with van der Waals surface area (Å²) in [5.74, 6) is 0. The molecule has 15 heavy (non-hydrogen) atoms. The van der Waals surface area contributed by atoms with Crippen molar-refractivity contribution in [3.63, 3.8) is 0 Å².